The second-order valence-corrected chi connectivity index (χ2v) is 6.33. The predicted octanol–water partition coefficient (Wildman–Crippen LogP) is 3.47. The molecule has 1 amide bonds. The predicted molar refractivity (Wildman–Crippen MR) is 83.0 cm³/mol. The van der Waals surface area contributed by atoms with Gasteiger partial charge in [0.2, 0.25) is 5.91 Å². The first kappa shape index (κ1) is 18.4. The maximum absolute atomic E-state index is 12.5. The summed E-state index contributed by atoms with van der Waals surface area (Å²) in [5, 5.41) is 3.18. The zero-order valence-electron chi connectivity index (χ0n) is 13.6. The number of rotatable bonds is 10. The average Bonchev–Trinajstić information content (AvgIpc) is 2.35. The minimum atomic E-state index is -0.352. The first-order valence-corrected chi connectivity index (χ1v) is 7.92. The largest absolute Gasteiger partial charge is 0.353 e. The highest BCUT2D eigenvalue weighted by molar-refractivity contribution is 5.83. The van der Waals surface area contributed by atoms with E-state index in [2.05, 4.69) is 39.9 Å². The van der Waals surface area contributed by atoms with Crippen molar-refractivity contribution in [1.82, 2.24) is 5.32 Å². The molecule has 1 unspecified atom stereocenters. The van der Waals surface area contributed by atoms with Crippen LogP contribution in [-0.2, 0) is 4.79 Å². The molecule has 3 nitrogen and oxygen atoms in total. The van der Waals surface area contributed by atoms with Crippen LogP contribution < -0.4 is 11.1 Å². The monoisotopic (exact) mass is 270 g/mol. The molecule has 114 valence electrons. The Kier molecular flexibility index (Phi) is 9.07. The summed E-state index contributed by atoms with van der Waals surface area (Å²) in [6.07, 6.45) is 5.98. The second-order valence-electron chi connectivity index (χ2n) is 6.33. The SMILES string of the molecule is CCCC(CN)(CCC)C(=O)NC(C)CCC(C)C. The summed E-state index contributed by atoms with van der Waals surface area (Å²) < 4.78 is 0. The third-order valence-electron chi connectivity index (χ3n) is 3.88. The lowest BCUT2D eigenvalue weighted by atomic mass is 9.78. The molecule has 3 heteroatoms. The number of carbonyl (C=O) groups excluding carboxylic acids is 1. The summed E-state index contributed by atoms with van der Waals surface area (Å²) in [5.74, 6) is 0.847. The summed E-state index contributed by atoms with van der Waals surface area (Å²) in [6.45, 7) is 11.2. The van der Waals surface area contributed by atoms with Gasteiger partial charge >= 0.3 is 0 Å². The fraction of sp³-hybridized carbons (Fsp3) is 0.938. The Balaban J connectivity index is 4.54. The van der Waals surface area contributed by atoms with Crippen LogP contribution in [0.5, 0.6) is 0 Å². The molecule has 0 spiro atoms. The number of nitrogens with two attached hydrogens (primary N) is 1. The van der Waals surface area contributed by atoms with Gasteiger partial charge in [0.25, 0.3) is 0 Å². The van der Waals surface area contributed by atoms with Crippen LogP contribution in [0.4, 0.5) is 0 Å². The van der Waals surface area contributed by atoms with E-state index in [1.54, 1.807) is 0 Å². The van der Waals surface area contributed by atoms with Gasteiger partial charge in [-0.25, -0.2) is 0 Å². The molecule has 0 fully saturated rings. The van der Waals surface area contributed by atoms with Gasteiger partial charge in [0.15, 0.2) is 0 Å². The van der Waals surface area contributed by atoms with Crippen molar-refractivity contribution in [1.29, 1.82) is 0 Å². The summed E-state index contributed by atoms with van der Waals surface area (Å²) in [6, 6.07) is 0.245. The number of hydrogen-bond donors (Lipinski definition) is 2. The molecule has 0 aliphatic heterocycles. The number of amides is 1. The molecule has 0 aromatic rings. The van der Waals surface area contributed by atoms with Crippen LogP contribution in [0.1, 0.15) is 73.1 Å². The van der Waals surface area contributed by atoms with E-state index in [9.17, 15) is 4.79 Å². The van der Waals surface area contributed by atoms with Gasteiger partial charge in [0.05, 0.1) is 5.41 Å². The van der Waals surface area contributed by atoms with Crippen molar-refractivity contribution in [3.63, 3.8) is 0 Å². The van der Waals surface area contributed by atoms with Gasteiger partial charge in [0.1, 0.15) is 0 Å². The fourth-order valence-corrected chi connectivity index (χ4v) is 2.64. The van der Waals surface area contributed by atoms with Gasteiger partial charge in [-0.15, -0.1) is 0 Å². The molecule has 0 rings (SSSR count). The Labute approximate surface area is 119 Å². The standard InChI is InChI=1S/C16H34N2O/c1-6-10-16(12-17,11-7-2)15(19)18-14(5)9-8-13(3)4/h13-14H,6-12,17H2,1-5H3,(H,18,19). The van der Waals surface area contributed by atoms with Gasteiger partial charge < -0.3 is 11.1 Å². The number of hydrogen-bond acceptors (Lipinski definition) is 2. The number of carbonyl (C=O) groups is 1. The lowest BCUT2D eigenvalue weighted by molar-refractivity contribution is -0.132. The van der Waals surface area contributed by atoms with Crippen molar-refractivity contribution in [3.05, 3.63) is 0 Å². The Morgan fingerprint density at radius 1 is 1.11 bits per heavy atom. The molecule has 0 aliphatic carbocycles. The van der Waals surface area contributed by atoms with E-state index in [1.165, 1.54) is 0 Å². The van der Waals surface area contributed by atoms with Crippen LogP contribution in [0.25, 0.3) is 0 Å². The molecule has 19 heavy (non-hydrogen) atoms. The Bertz CT molecular complexity index is 245. The molecule has 0 aromatic carbocycles. The Morgan fingerprint density at radius 2 is 1.63 bits per heavy atom. The normalized spacial score (nSPS) is 13.6. The zero-order chi connectivity index (χ0) is 14.9. The molecular formula is C16H34N2O. The molecule has 0 radical (unpaired) electrons. The van der Waals surface area contributed by atoms with Crippen LogP contribution in [0, 0.1) is 11.3 Å². The minimum Gasteiger partial charge on any atom is -0.353 e. The Hall–Kier alpha value is -0.570. The molecule has 0 saturated carbocycles. The van der Waals surface area contributed by atoms with E-state index in [4.69, 9.17) is 5.73 Å². The third-order valence-corrected chi connectivity index (χ3v) is 3.88. The highest BCUT2D eigenvalue weighted by Gasteiger charge is 2.35. The molecule has 1 atom stereocenters. The smallest absolute Gasteiger partial charge is 0.227 e. The van der Waals surface area contributed by atoms with Crippen molar-refractivity contribution < 1.29 is 4.79 Å². The third kappa shape index (κ3) is 6.42. The lowest BCUT2D eigenvalue weighted by Crippen LogP contribution is -2.48. The van der Waals surface area contributed by atoms with E-state index in [0.717, 1.165) is 38.5 Å². The molecular weight excluding hydrogens is 236 g/mol. The first-order chi connectivity index (χ1) is 8.91. The van der Waals surface area contributed by atoms with Gasteiger partial charge in [-0.2, -0.15) is 0 Å². The van der Waals surface area contributed by atoms with Crippen molar-refractivity contribution in [2.24, 2.45) is 17.1 Å². The van der Waals surface area contributed by atoms with Crippen molar-refractivity contribution in [2.75, 3.05) is 6.54 Å². The molecule has 0 heterocycles. The quantitative estimate of drug-likeness (QED) is 0.638. The van der Waals surface area contributed by atoms with Crippen LogP contribution in [0.3, 0.4) is 0 Å². The van der Waals surface area contributed by atoms with Gasteiger partial charge in [-0.3, -0.25) is 4.79 Å². The molecule has 3 N–H and O–H groups in total. The summed E-state index contributed by atoms with van der Waals surface area (Å²) >= 11 is 0. The molecule has 0 aromatic heterocycles. The summed E-state index contributed by atoms with van der Waals surface area (Å²) in [5.41, 5.74) is 5.57. The summed E-state index contributed by atoms with van der Waals surface area (Å²) in [4.78, 5) is 12.5. The maximum Gasteiger partial charge on any atom is 0.227 e. The highest BCUT2D eigenvalue weighted by Crippen LogP contribution is 2.29. The van der Waals surface area contributed by atoms with Gasteiger partial charge in [-0.05, 0) is 38.5 Å². The Morgan fingerprint density at radius 3 is 2.00 bits per heavy atom. The highest BCUT2D eigenvalue weighted by atomic mass is 16.2. The van der Waals surface area contributed by atoms with Crippen LogP contribution >= 0.6 is 0 Å². The van der Waals surface area contributed by atoms with E-state index < -0.39 is 0 Å². The van der Waals surface area contributed by atoms with Crippen molar-refractivity contribution in [3.8, 4) is 0 Å². The van der Waals surface area contributed by atoms with Crippen molar-refractivity contribution >= 4 is 5.91 Å². The molecule has 0 saturated heterocycles. The second kappa shape index (κ2) is 9.35. The topological polar surface area (TPSA) is 55.1 Å². The lowest BCUT2D eigenvalue weighted by Gasteiger charge is -2.32. The maximum atomic E-state index is 12.5. The van der Waals surface area contributed by atoms with E-state index in [0.29, 0.717) is 12.5 Å². The van der Waals surface area contributed by atoms with Crippen LogP contribution in [0.2, 0.25) is 0 Å². The van der Waals surface area contributed by atoms with E-state index >= 15 is 0 Å². The van der Waals surface area contributed by atoms with E-state index in [-0.39, 0.29) is 17.4 Å². The van der Waals surface area contributed by atoms with Crippen LogP contribution in [-0.4, -0.2) is 18.5 Å². The fourth-order valence-electron chi connectivity index (χ4n) is 2.64. The average molecular weight is 270 g/mol. The van der Waals surface area contributed by atoms with Crippen molar-refractivity contribution in [2.45, 2.75) is 79.2 Å². The zero-order valence-corrected chi connectivity index (χ0v) is 13.6. The van der Waals surface area contributed by atoms with E-state index in [1.807, 2.05) is 0 Å². The summed E-state index contributed by atoms with van der Waals surface area (Å²) in [7, 11) is 0. The molecule has 0 bridgehead atoms. The first-order valence-electron chi connectivity index (χ1n) is 7.92. The molecule has 0 aliphatic rings. The van der Waals surface area contributed by atoms with Gasteiger partial charge in [0, 0.05) is 12.6 Å². The van der Waals surface area contributed by atoms with Crippen LogP contribution in [0.15, 0.2) is 0 Å². The minimum absolute atomic E-state index is 0.162. The van der Waals surface area contributed by atoms with Gasteiger partial charge in [-0.1, -0.05) is 40.5 Å². The number of nitrogens with one attached hydrogen (secondary N) is 1.